The van der Waals surface area contributed by atoms with Crippen LogP contribution >= 0.6 is 12.4 Å². The maximum atomic E-state index is 12.8. The molecule has 1 amide bonds. The molecule has 2 aliphatic heterocycles. The van der Waals surface area contributed by atoms with E-state index in [0.717, 1.165) is 6.42 Å². The van der Waals surface area contributed by atoms with Crippen molar-refractivity contribution in [3.8, 4) is 0 Å². The molecule has 3 rings (SSSR count). The third kappa shape index (κ3) is 3.53. The molecule has 1 aromatic carbocycles. The van der Waals surface area contributed by atoms with Crippen LogP contribution in [0, 0.1) is 5.92 Å². The van der Waals surface area contributed by atoms with Gasteiger partial charge in [-0.15, -0.1) is 12.4 Å². The van der Waals surface area contributed by atoms with E-state index in [-0.39, 0.29) is 30.1 Å². The highest BCUT2D eigenvalue weighted by Crippen LogP contribution is 2.28. The van der Waals surface area contributed by atoms with Crippen molar-refractivity contribution in [2.24, 2.45) is 11.7 Å². The van der Waals surface area contributed by atoms with Gasteiger partial charge in [-0.2, -0.15) is 0 Å². The van der Waals surface area contributed by atoms with Gasteiger partial charge in [0.2, 0.25) is 10.0 Å². The summed E-state index contributed by atoms with van der Waals surface area (Å²) >= 11 is 0. The molecule has 2 atom stereocenters. The molecule has 2 heterocycles. The molecule has 24 heavy (non-hydrogen) atoms. The number of carbonyl (C=O) groups is 1. The molecule has 0 radical (unpaired) electrons. The highest BCUT2D eigenvalue weighted by Gasteiger charge is 2.33. The molecule has 134 valence electrons. The summed E-state index contributed by atoms with van der Waals surface area (Å²) in [5.41, 5.74) is 6.84. The fourth-order valence-corrected chi connectivity index (χ4v) is 5.04. The summed E-state index contributed by atoms with van der Waals surface area (Å²) < 4.78 is 25.5. The fraction of sp³-hybridized carbons (Fsp3) is 0.562. The Bertz CT molecular complexity index is 710. The first-order valence-corrected chi connectivity index (χ1v) is 9.65. The zero-order chi connectivity index (χ0) is 16.6. The Kier molecular flexibility index (Phi) is 5.78. The number of likely N-dealkylation sites (tertiary alicyclic amines) is 1. The van der Waals surface area contributed by atoms with E-state index in [0.29, 0.717) is 43.2 Å². The van der Waals surface area contributed by atoms with Gasteiger partial charge in [0.05, 0.1) is 11.4 Å². The topological polar surface area (TPSA) is 83.7 Å². The molecule has 8 heteroatoms. The van der Waals surface area contributed by atoms with Crippen LogP contribution in [0.5, 0.6) is 0 Å². The first-order chi connectivity index (χ1) is 10.9. The molecular weight excluding hydrogens is 350 g/mol. The van der Waals surface area contributed by atoms with Gasteiger partial charge in [0.25, 0.3) is 5.91 Å². The molecule has 2 N–H and O–H groups in total. The Morgan fingerprint density at radius 2 is 2.12 bits per heavy atom. The number of benzene rings is 1. The van der Waals surface area contributed by atoms with Crippen LogP contribution in [0.3, 0.4) is 0 Å². The summed E-state index contributed by atoms with van der Waals surface area (Å²) in [4.78, 5) is 14.6. The van der Waals surface area contributed by atoms with Crippen LogP contribution in [0.2, 0.25) is 0 Å². The van der Waals surface area contributed by atoms with Crippen LogP contribution in [-0.4, -0.2) is 50.7 Å². The fourth-order valence-electron chi connectivity index (χ4n) is 3.49. The number of sulfonamides is 1. The first-order valence-electron chi connectivity index (χ1n) is 8.04. The average molecular weight is 374 g/mol. The number of halogens is 1. The lowest BCUT2D eigenvalue weighted by Gasteiger charge is -2.23. The summed E-state index contributed by atoms with van der Waals surface area (Å²) in [6.45, 7) is 3.76. The van der Waals surface area contributed by atoms with Crippen molar-refractivity contribution in [1.29, 1.82) is 0 Å². The van der Waals surface area contributed by atoms with Crippen LogP contribution in [-0.2, 0) is 10.0 Å². The average Bonchev–Trinajstić information content (AvgIpc) is 3.08. The maximum Gasteiger partial charge on any atom is 0.254 e. The number of rotatable bonds is 3. The van der Waals surface area contributed by atoms with Crippen LogP contribution in [0.4, 0.5) is 5.69 Å². The molecule has 2 aliphatic rings. The number of hydrogen-bond donors (Lipinski definition) is 1. The van der Waals surface area contributed by atoms with Crippen molar-refractivity contribution in [2.45, 2.75) is 25.8 Å². The monoisotopic (exact) mass is 373 g/mol. The van der Waals surface area contributed by atoms with Crippen molar-refractivity contribution in [2.75, 3.05) is 29.7 Å². The third-order valence-electron chi connectivity index (χ3n) is 4.74. The van der Waals surface area contributed by atoms with Gasteiger partial charge in [0.1, 0.15) is 0 Å². The number of nitrogens with two attached hydrogens (primary N) is 1. The van der Waals surface area contributed by atoms with E-state index in [1.54, 1.807) is 24.3 Å². The number of anilines is 1. The van der Waals surface area contributed by atoms with Crippen molar-refractivity contribution in [3.05, 3.63) is 29.8 Å². The van der Waals surface area contributed by atoms with E-state index in [1.807, 2.05) is 11.8 Å². The molecule has 2 fully saturated rings. The standard InChI is InChI=1S/C16H23N3O3S.ClH/c1-12-8-13(10-17)11-18(12)16(20)14-4-2-5-15(9-14)19-6-3-7-23(19,21)22;/h2,4-5,9,12-13H,3,6-8,10-11,17H2,1H3;1H. The first kappa shape index (κ1) is 19.0. The Labute approximate surface area is 149 Å². The van der Waals surface area contributed by atoms with Gasteiger partial charge in [0.15, 0.2) is 0 Å². The van der Waals surface area contributed by atoms with Crippen molar-refractivity contribution >= 4 is 34.0 Å². The zero-order valence-corrected chi connectivity index (χ0v) is 15.4. The molecule has 6 nitrogen and oxygen atoms in total. The quantitative estimate of drug-likeness (QED) is 0.869. The van der Waals surface area contributed by atoms with Gasteiger partial charge in [-0.05, 0) is 50.4 Å². The summed E-state index contributed by atoms with van der Waals surface area (Å²) in [5, 5.41) is 0. The lowest BCUT2D eigenvalue weighted by atomic mass is 10.1. The SMILES string of the molecule is CC1CC(CN)CN1C(=O)c1cccc(N2CCCS2(=O)=O)c1.Cl. The Morgan fingerprint density at radius 3 is 2.71 bits per heavy atom. The second kappa shape index (κ2) is 7.29. The molecule has 0 bridgehead atoms. The molecule has 2 unspecified atom stereocenters. The van der Waals surface area contributed by atoms with E-state index in [4.69, 9.17) is 5.73 Å². The van der Waals surface area contributed by atoms with E-state index < -0.39 is 10.0 Å². The second-order valence-electron chi connectivity index (χ2n) is 6.44. The smallest absolute Gasteiger partial charge is 0.254 e. The summed E-state index contributed by atoms with van der Waals surface area (Å²) in [6, 6.07) is 7.09. The van der Waals surface area contributed by atoms with Crippen molar-refractivity contribution < 1.29 is 13.2 Å². The van der Waals surface area contributed by atoms with Gasteiger partial charge in [0, 0.05) is 24.7 Å². The minimum Gasteiger partial charge on any atom is -0.336 e. The van der Waals surface area contributed by atoms with E-state index in [9.17, 15) is 13.2 Å². The largest absolute Gasteiger partial charge is 0.336 e. The van der Waals surface area contributed by atoms with Gasteiger partial charge >= 0.3 is 0 Å². The molecule has 2 saturated heterocycles. The number of nitrogens with zero attached hydrogens (tertiary/aromatic N) is 2. The Balaban J connectivity index is 0.00000208. The second-order valence-corrected chi connectivity index (χ2v) is 8.45. The number of amides is 1. The minimum absolute atomic E-state index is 0. The maximum absolute atomic E-state index is 12.8. The molecule has 1 aromatic rings. The van der Waals surface area contributed by atoms with Crippen molar-refractivity contribution in [1.82, 2.24) is 4.90 Å². The molecule has 0 saturated carbocycles. The minimum atomic E-state index is -3.23. The van der Waals surface area contributed by atoms with Crippen LogP contribution < -0.4 is 10.0 Å². The van der Waals surface area contributed by atoms with Gasteiger partial charge in [-0.25, -0.2) is 8.42 Å². The summed E-state index contributed by atoms with van der Waals surface area (Å²) in [6.07, 6.45) is 1.55. The predicted molar refractivity (Wildman–Crippen MR) is 97.1 cm³/mol. The lowest BCUT2D eigenvalue weighted by molar-refractivity contribution is 0.0743. The zero-order valence-electron chi connectivity index (χ0n) is 13.7. The van der Waals surface area contributed by atoms with Crippen LogP contribution in [0.1, 0.15) is 30.1 Å². The van der Waals surface area contributed by atoms with Gasteiger partial charge in [-0.3, -0.25) is 9.10 Å². The van der Waals surface area contributed by atoms with Crippen LogP contribution in [0.15, 0.2) is 24.3 Å². The van der Waals surface area contributed by atoms with Gasteiger partial charge < -0.3 is 10.6 Å². The third-order valence-corrected chi connectivity index (χ3v) is 6.61. The molecule has 0 aliphatic carbocycles. The highest BCUT2D eigenvalue weighted by molar-refractivity contribution is 7.93. The summed E-state index contributed by atoms with van der Waals surface area (Å²) in [5.74, 6) is 0.468. The molecule has 0 spiro atoms. The van der Waals surface area contributed by atoms with E-state index in [1.165, 1.54) is 4.31 Å². The van der Waals surface area contributed by atoms with E-state index in [2.05, 4.69) is 0 Å². The van der Waals surface area contributed by atoms with E-state index >= 15 is 0 Å². The lowest BCUT2D eigenvalue weighted by Crippen LogP contribution is -2.34. The molecule has 0 aromatic heterocycles. The summed E-state index contributed by atoms with van der Waals surface area (Å²) in [7, 11) is -3.23. The Morgan fingerprint density at radius 1 is 1.38 bits per heavy atom. The Hall–Kier alpha value is -1.31. The highest BCUT2D eigenvalue weighted by atomic mass is 35.5. The number of hydrogen-bond acceptors (Lipinski definition) is 4. The van der Waals surface area contributed by atoms with Gasteiger partial charge in [-0.1, -0.05) is 6.07 Å². The predicted octanol–water partition coefficient (Wildman–Crippen LogP) is 1.46. The van der Waals surface area contributed by atoms with Crippen molar-refractivity contribution in [3.63, 3.8) is 0 Å². The number of carbonyl (C=O) groups excluding carboxylic acids is 1. The normalized spacial score (nSPS) is 25.6. The molecular formula is C16H24ClN3O3S. The van der Waals surface area contributed by atoms with Crippen LogP contribution in [0.25, 0.3) is 0 Å².